The highest BCUT2D eigenvalue weighted by atomic mass is 16.5. The maximum absolute atomic E-state index is 6.46. The first-order valence-corrected chi connectivity index (χ1v) is 7.64. The maximum atomic E-state index is 6.46. The monoisotopic (exact) mass is 276 g/mol. The third-order valence-electron chi connectivity index (χ3n) is 4.76. The van der Waals surface area contributed by atoms with Crippen LogP contribution in [0.2, 0.25) is 0 Å². The first kappa shape index (κ1) is 14.0. The zero-order valence-electron chi connectivity index (χ0n) is 12.0. The van der Waals surface area contributed by atoms with Gasteiger partial charge in [0.1, 0.15) is 0 Å². The molecule has 1 spiro atoms. The summed E-state index contributed by atoms with van der Waals surface area (Å²) in [5, 5.41) is 0. The van der Waals surface area contributed by atoms with Crippen molar-refractivity contribution in [1.82, 2.24) is 4.98 Å². The van der Waals surface area contributed by atoms with E-state index in [2.05, 4.69) is 17.1 Å². The van der Waals surface area contributed by atoms with Crippen LogP contribution in [-0.4, -0.2) is 36.4 Å². The van der Waals surface area contributed by atoms with E-state index in [0.29, 0.717) is 5.92 Å². The smallest absolute Gasteiger partial charge is 0.0729 e. The molecule has 2 unspecified atom stereocenters. The van der Waals surface area contributed by atoms with Crippen LogP contribution < -0.4 is 5.73 Å². The molecular weight excluding hydrogens is 252 g/mol. The number of nitrogens with two attached hydrogens (primary N) is 1. The van der Waals surface area contributed by atoms with Gasteiger partial charge in [-0.15, -0.1) is 0 Å². The van der Waals surface area contributed by atoms with Crippen LogP contribution in [0.5, 0.6) is 0 Å². The Bertz CT molecular complexity index is 412. The van der Waals surface area contributed by atoms with Crippen LogP contribution in [0.1, 0.15) is 31.2 Å². The van der Waals surface area contributed by atoms with Gasteiger partial charge in [-0.3, -0.25) is 4.98 Å². The lowest BCUT2D eigenvalue weighted by Crippen LogP contribution is -2.48. The Labute approximate surface area is 120 Å². The second kappa shape index (κ2) is 6.20. The van der Waals surface area contributed by atoms with Gasteiger partial charge in [0, 0.05) is 38.3 Å². The van der Waals surface area contributed by atoms with Gasteiger partial charge in [0.25, 0.3) is 0 Å². The largest absolute Gasteiger partial charge is 0.381 e. The van der Waals surface area contributed by atoms with E-state index < -0.39 is 0 Å². The average molecular weight is 276 g/mol. The molecule has 0 amide bonds. The molecule has 2 saturated heterocycles. The maximum Gasteiger partial charge on any atom is 0.0729 e. The minimum atomic E-state index is 0.0387. The fraction of sp³-hybridized carbons (Fsp3) is 0.688. The average Bonchev–Trinajstić information content (AvgIpc) is 2.49. The molecule has 0 aliphatic carbocycles. The Kier molecular flexibility index (Phi) is 4.34. The zero-order chi connectivity index (χ0) is 13.8. The molecule has 0 bridgehead atoms. The molecule has 110 valence electrons. The van der Waals surface area contributed by atoms with Gasteiger partial charge < -0.3 is 15.2 Å². The Hall–Kier alpha value is -0.970. The highest BCUT2D eigenvalue weighted by Gasteiger charge is 2.40. The van der Waals surface area contributed by atoms with Crippen LogP contribution in [-0.2, 0) is 15.9 Å². The van der Waals surface area contributed by atoms with Crippen LogP contribution in [0.15, 0.2) is 24.5 Å². The lowest BCUT2D eigenvalue weighted by Gasteiger charge is -2.44. The zero-order valence-corrected chi connectivity index (χ0v) is 12.0. The molecule has 4 nitrogen and oxygen atoms in total. The van der Waals surface area contributed by atoms with Gasteiger partial charge in [-0.2, -0.15) is 0 Å². The van der Waals surface area contributed by atoms with Crippen LogP contribution in [0.4, 0.5) is 0 Å². The van der Waals surface area contributed by atoms with Gasteiger partial charge in [-0.05, 0) is 55.7 Å². The van der Waals surface area contributed by atoms with Crippen molar-refractivity contribution in [2.75, 3.05) is 19.8 Å². The summed E-state index contributed by atoms with van der Waals surface area (Å²) in [5.74, 6) is 0.551. The van der Waals surface area contributed by atoms with Gasteiger partial charge in [0.2, 0.25) is 0 Å². The normalized spacial score (nSPS) is 27.4. The van der Waals surface area contributed by atoms with E-state index in [0.717, 1.165) is 51.9 Å². The van der Waals surface area contributed by atoms with Crippen LogP contribution in [0, 0.1) is 5.92 Å². The molecule has 2 aliphatic rings. The van der Waals surface area contributed by atoms with E-state index in [4.69, 9.17) is 15.2 Å². The van der Waals surface area contributed by atoms with E-state index in [1.54, 1.807) is 0 Å². The van der Waals surface area contributed by atoms with Crippen molar-refractivity contribution in [3.05, 3.63) is 30.1 Å². The summed E-state index contributed by atoms with van der Waals surface area (Å²) in [6.07, 6.45) is 8.81. The lowest BCUT2D eigenvalue weighted by atomic mass is 9.77. The second-order valence-electron chi connectivity index (χ2n) is 6.12. The van der Waals surface area contributed by atoms with E-state index in [1.165, 1.54) is 5.56 Å². The number of ether oxygens (including phenoxy) is 2. The number of aromatic nitrogens is 1. The van der Waals surface area contributed by atoms with Gasteiger partial charge in [0.15, 0.2) is 0 Å². The Morgan fingerprint density at radius 3 is 2.75 bits per heavy atom. The van der Waals surface area contributed by atoms with Crippen LogP contribution in [0.3, 0.4) is 0 Å². The summed E-state index contributed by atoms with van der Waals surface area (Å²) in [6.45, 7) is 2.49. The predicted octanol–water partition coefficient (Wildman–Crippen LogP) is 1.93. The fourth-order valence-electron chi connectivity index (χ4n) is 3.48. The van der Waals surface area contributed by atoms with E-state index in [-0.39, 0.29) is 11.6 Å². The summed E-state index contributed by atoms with van der Waals surface area (Å²) in [6, 6.07) is 4.33. The number of nitrogens with zero attached hydrogens (tertiary/aromatic N) is 1. The predicted molar refractivity (Wildman–Crippen MR) is 77.4 cm³/mol. The summed E-state index contributed by atoms with van der Waals surface area (Å²) >= 11 is 0. The van der Waals surface area contributed by atoms with Gasteiger partial charge in [-0.25, -0.2) is 0 Å². The molecule has 0 radical (unpaired) electrons. The number of pyridine rings is 1. The molecule has 4 heteroatoms. The molecule has 3 rings (SSSR count). The Morgan fingerprint density at radius 1 is 1.25 bits per heavy atom. The Morgan fingerprint density at radius 2 is 2.00 bits per heavy atom. The highest BCUT2D eigenvalue weighted by Crippen LogP contribution is 2.38. The summed E-state index contributed by atoms with van der Waals surface area (Å²) in [4.78, 5) is 4.06. The van der Waals surface area contributed by atoms with Crippen LogP contribution >= 0.6 is 0 Å². The molecule has 1 aromatic rings. The van der Waals surface area contributed by atoms with Crippen molar-refractivity contribution >= 4 is 0 Å². The van der Waals surface area contributed by atoms with Crippen molar-refractivity contribution in [2.24, 2.45) is 11.7 Å². The molecule has 2 atom stereocenters. The molecule has 2 fully saturated rings. The SMILES string of the molecule is NC(Cc1ccncc1)C1CCOC2(CCOCC2)C1. The van der Waals surface area contributed by atoms with Crippen molar-refractivity contribution in [3.63, 3.8) is 0 Å². The van der Waals surface area contributed by atoms with Crippen molar-refractivity contribution < 1.29 is 9.47 Å². The van der Waals surface area contributed by atoms with E-state index in [9.17, 15) is 0 Å². The second-order valence-corrected chi connectivity index (χ2v) is 6.12. The van der Waals surface area contributed by atoms with Crippen molar-refractivity contribution in [3.8, 4) is 0 Å². The van der Waals surface area contributed by atoms with Crippen molar-refractivity contribution in [1.29, 1.82) is 0 Å². The molecule has 2 N–H and O–H groups in total. The fourth-order valence-corrected chi connectivity index (χ4v) is 3.48. The minimum absolute atomic E-state index is 0.0387. The van der Waals surface area contributed by atoms with Gasteiger partial charge in [0.05, 0.1) is 5.60 Å². The van der Waals surface area contributed by atoms with E-state index in [1.807, 2.05) is 12.4 Å². The third-order valence-corrected chi connectivity index (χ3v) is 4.76. The molecule has 0 aromatic carbocycles. The molecule has 0 saturated carbocycles. The van der Waals surface area contributed by atoms with Crippen molar-refractivity contribution in [2.45, 2.75) is 43.7 Å². The van der Waals surface area contributed by atoms with Crippen LogP contribution in [0.25, 0.3) is 0 Å². The summed E-state index contributed by atoms with van der Waals surface area (Å²) in [7, 11) is 0. The standard InChI is InChI=1S/C16H24N2O2/c17-15(11-13-1-6-18-7-2-13)14-3-8-20-16(12-14)4-9-19-10-5-16/h1-2,6-7,14-15H,3-5,8-12,17H2. The number of hydrogen-bond acceptors (Lipinski definition) is 4. The highest BCUT2D eigenvalue weighted by molar-refractivity contribution is 5.12. The lowest BCUT2D eigenvalue weighted by molar-refractivity contribution is -0.149. The summed E-state index contributed by atoms with van der Waals surface area (Å²) < 4.78 is 11.6. The molecule has 20 heavy (non-hydrogen) atoms. The topological polar surface area (TPSA) is 57.4 Å². The third kappa shape index (κ3) is 3.19. The quantitative estimate of drug-likeness (QED) is 0.916. The first-order valence-electron chi connectivity index (χ1n) is 7.64. The van der Waals surface area contributed by atoms with Gasteiger partial charge in [-0.1, -0.05) is 0 Å². The molecule has 1 aromatic heterocycles. The number of hydrogen-bond donors (Lipinski definition) is 1. The Balaban J connectivity index is 1.61. The summed E-state index contributed by atoms with van der Waals surface area (Å²) in [5.41, 5.74) is 7.78. The minimum Gasteiger partial charge on any atom is -0.381 e. The van der Waals surface area contributed by atoms with E-state index >= 15 is 0 Å². The number of rotatable bonds is 3. The molecule has 3 heterocycles. The van der Waals surface area contributed by atoms with Gasteiger partial charge >= 0.3 is 0 Å². The molecular formula is C16H24N2O2. The first-order chi connectivity index (χ1) is 9.77. The molecule has 2 aliphatic heterocycles.